The van der Waals surface area contributed by atoms with Crippen molar-refractivity contribution in [3.8, 4) is 0 Å². The Balaban J connectivity index is 3.00. The lowest BCUT2D eigenvalue weighted by atomic mass is 10.0. The first-order chi connectivity index (χ1) is 9.25. The van der Waals surface area contributed by atoms with Crippen LogP contribution in [0.1, 0.15) is 37.4 Å². The second kappa shape index (κ2) is 7.07. The van der Waals surface area contributed by atoms with Crippen molar-refractivity contribution in [3.63, 3.8) is 0 Å². The van der Waals surface area contributed by atoms with Crippen LogP contribution in [-0.4, -0.2) is 20.7 Å². The first-order valence-electron chi connectivity index (χ1n) is 7.51. The number of benzene rings is 1. The molecule has 0 N–H and O–H groups in total. The minimum absolute atomic E-state index is 0.0664. The molecule has 20 heavy (non-hydrogen) atoms. The van der Waals surface area contributed by atoms with Crippen molar-refractivity contribution in [2.45, 2.75) is 52.4 Å². The van der Waals surface area contributed by atoms with Crippen molar-refractivity contribution in [2.24, 2.45) is 5.92 Å². The molecule has 0 radical (unpaired) electrons. The molecule has 0 aliphatic heterocycles. The summed E-state index contributed by atoms with van der Waals surface area (Å²) in [6, 6.07) is 8.53. The molecule has 1 aromatic carbocycles. The van der Waals surface area contributed by atoms with Gasteiger partial charge in [-0.05, 0) is 30.4 Å². The van der Waals surface area contributed by atoms with E-state index in [4.69, 9.17) is 4.74 Å². The second-order valence-corrected chi connectivity index (χ2v) is 12.2. The van der Waals surface area contributed by atoms with Crippen LogP contribution in [0.5, 0.6) is 0 Å². The lowest BCUT2D eigenvalue weighted by Gasteiger charge is -2.27. The van der Waals surface area contributed by atoms with E-state index in [9.17, 15) is 4.79 Å². The lowest BCUT2D eigenvalue weighted by molar-refractivity contribution is -0.143. The Labute approximate surface area is 124 Å². The van der Waals surface area contributed by atoms with Crippen molar-refractivity contribution in [2.75, 3.05) is 6.61 Å². The normalized spacial score (nSPS) is 13.3. The molecule has 0 amide bonds. The Kier molecular flexibility index (Phi) is 6.00. The molecule has 2 nitrogen and oxygen atoms in total. The summed E-state index contributed by atoms with van der Waals surface area (Å²) in [4.78, 5) is 12.3. The molecule has 0 heterocycles. The SMILES string of the molecule is CCOC(=O)C(c1ccc(CC(C)C)cc1)[Si](C)(C)C. The van der Waals surface area contributed by atoms with Crippen LogP contribution in [0.3, 0.4) is 0 Å². The fourth-order valence-electron chi connectivity index (χ4n) is 2.53. The molecule has 0 aliphatic carbocycles. The molecule has 1 aromatic rings. The standard InChI is InChI=1S/C17H28O2Si/c1-7-19-17(18)16(20(4,5)6)15-10-8-14(9-11-15)12-13(2)3/h8-11,13,16H,7,12H2,1-6H3. The molecule has 1 atom stereocenters. The molecule has 0 saturated carbocycles. The molecule has 0 fully saturated rings. The van der Waals surface area contributed by atoms with Crippen LogP contribution in [0.25, 0.3) is 0 Å². The van der Waals surface area contributed by atoms with Crippen LogP contribution < -0.4 is 0 Å². The maximum Gasteiger partial charge on any atom is 0.310 e. The van der Waals surface area contributed by atoms with Gasteiger partial charge in [0.15, 0.2) is 0 Å². The summed E-state index contributed by atoms with van der Waals surface area (Å²) in [5.74, 6) is 0.585. The number of carbonyl (C=O) groups is 1. The quantitative estimate of drug-likeness (QED) is 0.573. The average molecular weight is 292 g/mol. The molecular formula is C17H28O2Si. The van der Waals surface area contributed by atoms with E-state index in [1.54, 1.807) is 0 Å². The van der Waals surface area contributed by atoms with Gasteiger partial charge in [0, 0.05) is 0 Å². The van der Waals surface area contributed by atoms with E-state index in [0.29, 0.717) is 12.5 Å². The minimum Gasteiger partial charge on any atom is -0.466 e. The summed E-state index contributed by atoms with van der Waals surface area (Å²) in [6.45, 7) is 13.4. The third-order valence-electron chi connectivity index (χ3n) is 3.35. The molecule has 0 aliphatic rings. The van der Waals surface area contributed by atoms with Crippen molar-refractivity contribution in [1.82, 2.24) is 0 Å². The number of ether oxygens (including phenoxy) is 1. The van der Waals surface area contributed by atoms with Crippen LogP contribution in [0, 0.1) is 5.92 Å². The predicted octanol–water partition coefficient (Wildman–Crippen LogP) is 4.41. The zero-order valence-electron chi connectivity index (χ0n) is 13.7. The van der Waals surface area contributed by atoms with Crippen LogP contribution in [0.4, 0.5) is 0 Å². The van der Waals surface area contributed by atoms with Gasteiger partial charge in [-0.15, -0.1) is 0 Å². The number of hydrogen-bond donors (Lipinski definition) is 0. The third kappa shape index (κ3) is 4.78. The van der Waals surface area contributed by atoms with Crippen LogP contribution >= 0.6 is 0 Å². The molecule has 0 aromatic heterocycles. The van der Waals surface area contributed by atoms with Gasteiger partial charge in [-0.3, -0.25) is 4.79 Å². The highest BCUT2D eigenvalue weighted by Gasteiger charge is 2.35. The van der Waals surface area contributed by atoms with Crippen molar-refractivity contribution in [1.29, 1.82) is 0 Å². The van der Waals surface area contributed by atoms with E-state index < -0.39 is 8.07 Å². The first kappa shape index (κ1) is 17.0. The maximum atomic E-state index is 12.3. The van der Waals surface area contributed by atoms with Crippen LogP contribution in [0.2, 0.25) is 19.6 Å². The average Bonchev–Trinajstić information content (AvgIpc) is 2.29. The van der Waals surface area contributed by atoms with E-state index in [0.717, 1.165) is 12.0 Å². The number of hydrogen-bond acceptors (Lipinski definition) is 2. The van der Waals surface area contributed by atoms with Crippen molar-refractivity contribution < 1.29 is 9.53 Å². The summed E-state index contributed by atoms with van der Waals surface area (Å²) < 4.78 is 5.28. The van der Waals surface area contributed by atoms with Gasteiger partial charge in [0.05, 0.1) is 20.2 Å². The van der Waals surface area contributed by atoms with Gasteiger partial charge in [-0.2, -0.15) is 0 Å². The summed E-state index contributed by atoms with van der Waals surface area (Å²) >= 11 is 0. The predicted molar refractivity (Wildman–Crippen MR) is 87.7 cm³/mol. The Morgan fingerprint density at radius 3 is 2.10 bits per heavy atom. The van der Waals surface area contributed by atoms with E-state index in [2.05, 4.69) is 57.8 Å². The topological polar surface area (TPSA) is 26.3 Å². The van der Waals surface area contributed by atoms with Crippen LogP contribution in [0.15, 0.2) is 24.3 Å². The molecule has 112 valence electrons. The van der Waals surface area contributed by atoms with Gasteiger partial charge < -0.3 is 4.74 Å². The van der Waals surface area contributed by atoms with E-state index in [1.807, 2.05) is 6.92 Å². The largest absolute Gasteiger partial charge is 0.466 e. The molecule has 0 spiro atoms. The highest BCUT2D eigenvalue weighted by Crippen LogP contribution is 2.29. The Hall–Kier alpha value is -1.09. The summed E-state index contributed by atoms with van der Waals surface area (Å²) in [7, 11) is -1.65. The zero-order valence-corrected chi connectivity index (χ0v) is 14.7. The molecule has 0 bridgehead atoms. The van der Waals surface area contributed by atoms with Gasteiger partial charge >= 0.3 is 5.97 Å². The van der Waals surface area contributed by atoms with Crippen LogP contribution in [-0.2, 0) is 16.0 Å². The summed E-state index contributed by atoms with van der Waals surface area (Å²) in [5.41, 5.74) is 2.37. The van der Waals surface area contributed by atoms with Gasteiger partial charge in [0.1, 0.15) is 0 Å². The smallest absolute Gasteiger partial charge is 0.310 e. The second-order valence-electron chi connectivity index (χ2n) is 6.89. The van der Waals surface area contributed by atoms with Gasteiger partial charge in [0.2, 0.25) is 0 Å². The third-order valence-corrected chi connectivity index (χ3v) is 5.65. The minimum atomic E-state index is -1.65. The van der Waals surface area contributed by atoms with E-state index >= 15 is 0 Å². The lowest BCUT2D eigenvalue weighted by Crippen LogP contribution is -2.37. The number of rotatable bonds is 6. The molecule has 3 heteroatoms. The Morgan fingerprint density at radius 2 is 1.70 bits per heavy atom. The molecule has 1 unspecified atom stereocenters. The Morgan fingerprint density at radius 1 is 1.15 bits per heavy atom. The van der Waals surface area contributed by atoms with Crippen molar-refractivity contribution >= 4 is 14.0 Å². The molecule has 1 rings (SSSR count). The zero-order chi connectivity index (χ0) is 15.3. The monoisotopic (exact) mass is 292 g/mol. The van der Waals surface area contributed by atoms with Gasteiger partial charge in [-0.1, -0.05) is 57.8 Å². The first-order valence-corrected chi connectivity index (χ1v) is 11.1. The summed E-state index contributed by atoms with van der Waals surface area (Å²) in [5, 5.41) is 0. The summed E-state index contributed by atoms with van der Waals surface area (Å²) in [6.07, 6.45) is 1.08. The number of carbonyl (C=O) groups excluding carboxylic acids is 1. The number of esters is 1. The Bertz CT molecular complexity index is 429. The molecular weight excluding hydrogens is 264 g/mol. The van der Waals surface area contributed by atoms with E-state index in [-0.39, 0.29) is 11.5 Å². The van der Waals surface area contributed by atoms with Gasteiger partial charge in [0.25, 0.3) is 0 Å². The highest BCUT2D eigenvalue weighted by atomic mass is 28.3. The fourth-order valence-corrected chi connectivity index (χ4v) is 4.52. The van der Waals surface area contributed by atoms with Crippen molar-refractivity contribution in [3.05, 3.63) is 35.4 Å². The fraction of sp³-hybridized carbons (Fsp3) is 0.588. The maximum absolute atomic E-state index is 12.3. The van der Waals surface area contributed by atoms with E-state index in [1.165, 1.54) is 5.56 Å². The van der Waals surface area contributed by atoms with Gasteiger partial charge in [-0.25, -0.2) is 0 Å². The molecule has 0 saturated heterocycles. The highest BCUT2D eigenvalue weighted by molar-refractivity contribution is 6.80.